The molecule has 0 aliphatic carbocycles. The Morgan fingerprint density at radius 2 is 1.82 bits per heavy atom. The summed E-state index contributed by atoms with van der Waals surface area (Å²) in [6.07, 6.45) is 5.04. The molecule has 28 heavy (non-hydrogen) atoms. The minimum Gasteiger partial charge on any atom is -0.364 e. The molecule has 3 aliphatic rings. The van der Waals surface area contributed by atoms with E-state index in [2.05, 4.69) is 15.2 Å². The molecule has 5 rings (SSSR count). The zero-order valence-electron chi connectivity index (χ0n) is 14.8. The molecule has 5 nitrogen and oxygen atoms in total. The van der Waals surface area contributed by atoms with Crippen molar-refractivity contribution < 1.29 is 13.6 Å². The van der Waals surface area contributed by atoms with Crippen molar-refractivity contribution in [3.05, 3.63) is 52.3 Å². The summed E-state index contributed by atoms with van der Waals surface area (Å²) in [5.41, 5.74) is 0.966. The molecule has 1 aromatic heterocycles. The maximum atomic E-state index is 13.4. The lowest BCUT2D eigenvalue weighted by Crippen LogP contribution is -2.45. The van der Waals surface area contributed by atoms with Crippen molar-refractivity contribution in [2.24, 2.45) is 5.92 Å². The number of anilines is 2. The summed E-state index contributed by atoms with van der Waals surface area (Å²) in [6, 6.07) is 3.03. The first-order valence-electron chi connectivity index (χ1n) is 8.99. The van der Waals surface area contributed by atoms with Gasteiger partial charge in [0.25, 0.3) is 0 Å². The van der Waals surface area contributed by atoms with Gasteiger partial charge in [-0.1, -0.05) is 23.2 Å². The summed E-state index contributed by atoms with van der Waals surface area (Å²) in [4.78, 5) is 20.6. The molecule has 2 unspecified atom stereocenters. The molecule has 3 aliphatic heterocycles. The van der Waals surface area contributed by atoms with Gasteiger partial charge in [0.2, 0.25) is 0 Å². The van der Waals surface area contributed by atoms with Crippen molar-refractivity contribution in [1.82, 2.24) is 9.88 Å². The number of amides is 2. The summed E-state index contributed by atoms with van der Waals surface area (Å²) in [6.45, 7) is 1.80. The number of piperidine rings is 1. The first-order chi connectivity index (χ1) is 13.4. The van der Waals surface area contributed by atoms with Crippen molar-refractivity contribution in [2.45, 2.75) is 18.9 Å². The number of carbonyl (C=O) groups excluding carboxylic acids is 1. The molecule has 0 spiro atoms. The number of benzene rings is 1. The van der Waals surface area contributed by atoms with Gasteiger partial charge in [-0.05, 0) is 30.9 Å². The fourth-order valence-electron chi connectivity index (χ4n) is 3.98. The number of hydrogen-bond acceptors (Lipinski definition) is 3. The van der Waals surface area contributed by atoms with Crippen molar-refractivity contribution in [1.29, 1.82) is 0 Å². The van der Waals surface area contributed by atoms with Crippen LogP contribution in [-0.2, 0) is 0 Å². The van der Waals surface area contributed by atoms with Gasteiger partial charge in [-0.25, -0.2) is 13.6 Å². The standard InChI is InChI=1S/C19H18Cl2F2N4O/c20-14-6-24-7-15(21)18(14)27-9-11-1-3-13(27)10-26(8-11)19(28)25-12-2-4-16(22)17(23)5-12/h2,4-7,11,13H,1,3,8-10H2,(H,25,28). The molecule has 4 heterocycles. The number of rotatable bonds is 2. The lowest BCUT2D eigenvalue weighted by atomic mass is 9.94. The van der Waals surface area contributed by atoms with Crippen LogP contribution >= 0.6 is 23.2 Å². The van der Waals surface area contributed by atoms with Crippen molar-refractivity contribution in [3.8, 4) is 0 Å². The second-order valence-electron chi connectivity index (χ2n) is 7.17. The van der Waals surface area contributed by atoms with E-state index in [-0.39, 0.29) is 23.7 Å². The normalized spacial score (nSPS) is 21.6. The third-order valence-electron chi connectivity index (χ3n) is 5.29. The van der Waals surface area contributed by atoms with Crippen LogP contribution < -0.4 is 10.2 Å². The van der Waals surface area contributed by atoms with Crippen LogP contribution in [0.5, 0.6) is 0 Å². The zero-order chi connectivity index (χ0) is 19.8. The number of fused-ring (bicyclic) bond motifs is 4. The highest BCUT2D eigenvalue weighted by Gasteiger charge is 2.38. The van der Waals surface area contributed by atoms with Crippen molar-refractivity contribution in [2.75, 3.05) is 29.9 Å². The quantitative estimate of drug-likeness (QED) is 0.749. The fraction of sp³-hybridized carbons (Fsp3) is 0.368. The van der Waals surface area contributed by atoms with Gasteiger partial charge in [0.1, 0.15) is 0 Å². The van der Waals surface area contributed by atoms with Gasteiger partial charge in [-0.3, -0.25) is 4.98 Å². The predicted octanol–water partition coefficient (Wildman–Crippen LogP) is 4.80. The average molecular weight is 427 g/mol. The van der Waals surface area contributed by atoms with E-state index in [0.717, 1.165) is 37.2 Å². The van der Waals surface area contributed by atoms with E-state index in [1.165, 1.54) is 6.07 Å². The van der Waals surface area contributed by atoms with Crippen LogP contribution in [0.4, 0.5) is 25.0 Å². The van der Waals surface area contributed by atoms with Crippen LogP contribution in [0.1, 0.15) is 12.8 Å². The average Bonchev–Trinajstić information content (AvgIpc) is 2.97. The monoisotopic (exact) mass is 426 g/mol. The summed E-state index contributed by atoms with van der Waals surface area (Å²) in [5.74, 6) is -1.69. The Bertz CT molecular complexity index is 893. The first kappa shape index (κ1) is 19.2. The van der Waals surface area contributed by atoms with E-state index in [1.54, 1.807) is 17.3 Å². The van der Waals surface area contributed by atoms with E-state index < -0.39 is 11.6 Å². The number of halogens is 4. The molecule has 9 heteroatoms. The number of aromatic nitrogens is 1. The lowest BCUT2D eigenvalue weighted by Gasteiger charge is -2.38. The Morgan fingerprint density at radius 1 is 1.07 bits per heavy atom. The third kappa shape index (κ3) is 3.73. The predicted molar refractivity (Wildman–Crippen MR) is 105 cm³/mol. The van der Waals surface area contributed by atoms with E-state index in [1.807, 2.05) is 0 Å². The molecule has 1 aromatic carbocycles. The Hall–Kier alpha value is -2.12. The Labute approximate surface area is 171 Å². The highest BCUT2D eigenvalue weighted by atomic mass is 35.5. The van der Waals surface area contributed by atoms with Gasteiger partial charge in [-0.2, -0.15) is 0 Å². The Kier molecular flexibility index (Phi) is 5.29. The van der Waals surface area contributed by atoms with Gasteiger partial charge in [-0.15, -0.1) is 0 Å². The van der Waals surface area contributed by atoms with Gasteiger partial charge < -0.3 is 15.1 Å². The highest BCUT2D eigenvalue weighted by Crippen LogP contribution is 2.39. The van der Waals surface area contributed by atoms with E-state index in [0.29, 0.717) is 23.1 Å². The second kappa shape index (κ2) is 7.72. The summed E-state index contributed by atoms with van der Waals surface area (Å²) in [7, 11) is 0. The minimum absolute atomic E-state index is 0.0619. The molecule has 2 atom stereocenters. The maximum absolute atomic E-state index is 13.4. The number of pyridine rings is 1. The molecule has 2 aromatic rings. The van der Waals surface area contributed by atoms with Crippen LogP contribution in [0.2, 0.25) is 10.0 Å². The third-order valence-corrected chi connectivity index (χ3v) is 5.84. The van der Waals surface area contributed by atoms with Crippen molar-refractivity contribution in [3.63, 3.8) is 0 Å². The molecule has 1 N–H and O–H groups in total. The number of carbonyl (C=O) groups is 1. The summed E-state index contributed by atoms with van der Waals surface area (Å²) >= 11 is 12.7. The second-order valence-corrected chi connectivity index (χ2v) is 7.98. The molecule has 2 bridgehead atoms. The fourth-order valence-corrected chi connectivity index (χ4v) is 4.56. The van der Waals surface area contributed by atoms with Crippen LogP contribution in [0.15, 0.2) is 30.6 Å². The van der Waals surface area contributed by atoms with Crippen LogP contribution in [-0.4, -0.2) is 41.6 Å². The topological polar surface area (TPSA) is 48.5 Å². The molecule has 3 fully saturated rings. The highest BCUT2D eigenvalue weighted by molar-refractivity contribution is 6.38. The SMILES string of the molecule is O=C(Nc1ccc(F)c(F)c1)N1CC2CCC(C1)N(c1c(Cl)cncc1Cl)C2. The zero-order valence-corrected chi connectivity index (χ0v) is 16.4. The van der Waals surface area contributed by atoms with Crippen LogP contribution in [0.25, 0.3) is 0 Å². The number of urea groups is 1. The molecular weight excluding hydrogens is 409 g/mol. The lowest BCUT2D eigenvalue weighted by molar-refractivity contribution is 0.209. The van der Waals surface area contributed by atoms with E-state index >= 15 is 0 Å². The smallest absolute Gasteiger partial charge is 0.321 e. The first-order valence-corrected chi connectivity index (χ1v) is 9.74. The Balaban J connectivity index is 1.53. The molecule has 0 saturated carbocycles. The van der Waals surface area contributed by atoms with Gasteiger partial charge in [0.15, 0.2) is 11.6 Å². The Morgan fingerprint density at radius 3 is 2.54 bits per heavy atom. The van der Waals surface area contributed by atoms with Crippen LogP contribution in [0.3, 0.4) is 0 Å². The van der Waals surface area contributed by atoms with Crippen molar-refractivity contribution >= 4 is 40.6 Å². The number of hydrogen-bond donors (Lipinski definition) is 1. The van der Waals surface area contributed by atoms with Crippen LogP contribution in [0, 0.1) is 17.6 Å². The molecule has 148 valence electrons. The van der Waals surface area contributed by atoms with E-state index in [9.17, 15) is 13.6 Å². The molecule has 3 saturated heterocycles. The van der Waals surface area contributed by atoms with E-state index in [4.69, 9.17) is 23.2 Å². The van der Waals surface area contributed by atoms with Gasteiger partial charge in [0.05, 0.1) is 15.7 Å². The number of nitrogens with zero attached hydrogens (tertiary/aromatic N) is 3. The molecule has 2 amide bonds. The molecular formula is C19H18Cl2F2N4O. The molecule has 0 radical (unpaired) electrons. The minimum atomic E-state index is -0.998. The van der Waals surface area contributed by atoms with Gasteiger partial charge >= 0.3 is 6.03 Å². The number of nitrogens with one attached hydrogen (secondary N) is 1. The summed E-state index contributed by atoms with van der Waals surface area (Å²) in [5, 5.41) is 3.62. The largest absolute Gasteiger partial charge is 0.364 e. The summed E-state index contributed by atoms with van der Waals surface area (Å²) < 4.78 is 26.5. The maximum Gasteiger partial charge on any atom is 0.321 e. The van der Waals surface area contributed by atoms with Gasteiger partial charge in [0, 0.05) is 49.8 Å².